The van der Waals surface area contributed by atoms with Crippen molar-refractivity contribution in [1.29, 1.82) is 0 Å². The quantitative estimate of drug-likeness (QED) is 0.504. The zero-order chi connectivity index (χ0) is 25.3. The van der Waals surface area contributed by atoms with Crippen LogP contribution in [0.2, 0.25) is 0 Å². The summed E-state index contributed by atoms with van der Waals surface area (Å²) in [5.41, 5.74) is 1.52. The number of amides is 2. The van der Waals surface area contributed by atoms with Crippen molar-refractivity contribution in [2.45, 2.75) is 70.5 Å². The van der Waals surface area contributed by atoms with E-state index in [9.17, 15) is 18.0 Å². The smallest absolute Gasteiger partial charge is 0.242 e. The van der Waals surface area contributed by atoms with E-state index in [4.69, 9.17) is 0 Å². The molecule has 1 saturated carbocycles. The zero-order valence-electron chi connectivity index (χ0n) is 20.7. The van der Waals surface area contributed by atoms with Gasteiger partial charge in [-0.05, 0) is 43.9 Å². The van der Waals surface area contributed by atoms with Crippen molar-refractivity contribution in [2.75, 3.05) is 17.1 Å². The Bertz CT molecular complexity index is 1050. The number of sulfonamides is 1. The van der Waals surface area contributed by atoms with Crippen LogP contribution in [0.25, 0.3) is 0 Å². The molecule has 7 nitrogen and oxygen atoms in total. The number of carbonyl (C=O) groups excluding carboxylic acids is 2. The van der Waals surface area contributed by atoms with Gasteiger partial charge in [0.05, 0.1) is 11.9 Å². The number of nitrogens with one attached hydrogen (secondary N) is 1. The molecule has 0 heterocycles. The van der Waals surface area contributed by atoms with Crippen molar-refractivity contribution in [3.63, 3.8) is 0 Å². The van der Waals surface area contributed by atoms with Crippen molar-refractivity contribution >= 4 is 27.5 Å². The highest BCUT2D eigenvalue weighted by Crippen LogP contribution is 2.20. The van der Waals surface area contributed by atoms with Crippen LogP contribution in [-0.4, -0.2) is 50.0 Å². The molecule has 0 spiro atoms. The standard InChI is InChI=1S/C27H37N3O4S/c1-22(27(32)28-24-15-8-4-9-16-24)29(21-23-13-6-3-7-14-23)26(31)19-12-20-30(35(2,33)34)25-17-10-5-11-18-25/h3,5-7,10-11,13-14,17-18,22,24H,4,8-9,12,15-16,19-21H2,1-2H3,(H,28,32)/t22-/m1/s1. The minimum Gasteiger partial charge on any atom is -0.352 e. The summed E-state index contributed by atoms with van der Waals surface area (Å²) in [4.78, 5) is 28.0. The fourth-order valence-electron chi connectivity index (χ4n) is 4.53. The zero-order valence-corrected chi connectivity index (χ0v) is 21.5. The third-order valence-corrected chi connectivity index (χ3v) is 7.71. The van der Waals surface area contributed by atoms with E-state index < -0.39 is 16.1 Å². The van der Waals surface area contributed by atoms with Gasteiger partial charge in [0.25, 0.3) is 0 Å². The van der Waals surface area contributed by atoms with E-state index in [-0.39, 0.29) is 30.8 Å². The predicted molar refractivity (Wildman–Crippen MR) is 139 cm³/mol. The average Bonchev–Trinajstić information content (AvgIpc) is 2.85. The van der Waals surface area contributed by atoms with Crippen LogP contribution in [0.3, 0.4) is 0 Å². The molecule has 1 aliphatic carbocycles. The molecule has 0 aromatic heterocycles. The van der Waals surface area contributed by atoms with Gasteiger partial charge in [-0.3, -0.25) is 13.9 Å². The van der Waals surface area contributed by atoms with Crippen molar-refractivity contribution in [1.82, 2.24) is 10.2 Å². The number of hydrogen-bond donors (Lipinski definition) is 1. The SMILES string of the molecule is C[C@H](C(=O)NC1CCCCC1)N(Cc1ccccc1)C(=O)CCCN(c1ccccc1)S(C)(=O)=O. The Morgan fingerprint density at radius 3 is 2.17 bits per heavy atom. The number of para-hydroxylation sites is 1. The summed E-state index contributed by atoms with van der Waals surface area (Å²) < 4.78 is 26.0. The molecule has 0 saturated heterocycles. The summed E-state index contributed by atoms with van der Waals surface area (Å²) in [6.07, 6.45) is 7.05. The third-order valence-electron chi connectivity index (χ3n) is 6.51. The van der Waals surface area contributed by atoms with Crippen molar-refractivity contribution < 1.29 is 18.0 Å². The van der Waals surface area contributed by atoms with Gasteiger partial charge in [-0.15, -0.1) is 0 Å². The highest BCUT2D eigenvalue weighted by Gasteiger charge is 2.28. The second kappa shape index (κ2) is 12.7. The van der Waals surface area contributed by atoms with Crippen LogP contribution in [0.4, 0.5) is 5.69 Å². The maximum atomic E-state index is 13.3. The number of benzene rings is 2. The number of nitrogens with zero attached hydrogens (tertiary/aromatic N) is 2. The van der Waals surface area contributed by atoms with Gasteiger partial charge in [0, 0.05) is 25.6 Å². The van der Waals surface area contributed by atoms with Gasteiger partial charge in [0.1, 0.15) is 6.04 Å². The first-order valence-corrected chi connectivity index (χ1v) is 14.3. The van der Waals surface area contributed by atoms with Crippen LogP contribution in [0, 0.1) is 0 Å². The Morgan fingerprint density at radius 1 is 0.971 bits per heavy atom. The first-order valence-electron chi connectivity index (χ1n) is 12.4. The van der Waals surface area contributed by atoms with E-state index in [0.29, 0.717) is 18.7 Å². The molecule has 2 aromatic carbocycles. The van der Waals surface area contributed by atoms with E-state index >= 15 is 0 Å². The van der Waals surface area contributed by atoms with Gasteiger partial charge >= 0.3 is 0 Å². The molecular weight excluding hydrogens is 462 g/mol. The third kappa shape index (κ3) is 8.09. The van der Waals surface area contributed by atoms with Gasteiger partial charge in [0.15, 0.2) is 0 Å². The van der Waals surface area contributed by atoms with E-state index in [1.807, 2.05) is 36.4 Å². The van der Waals surface area contributed by atoms with Crippen LogP contribution in [-0.2, 0) is 26.2 Å². The normalized spacial score (nSPS) is 15.3. The van der Waals surface area contributed by atoms with E-state index in [2.05, 4.69) is 5.32 Å². The minimum absolute atomic E-state index is 0.136. The van der Waals surface area contributed by atoms with Crippen LogP contribution >= 0.6 is 0 Å². The summed E-state index contributed by atoms with van der Waals surface area (Å²) in [5.74, 6) is -0.301. The molecule has 0 aliphatic heterocycles. The molecule has 3 rings (SSSR count). The topological polar surface area (TPSA) is 86.8 Å². The molecular formula is C27H37N3O4S. The lowest BCUT2D eigenvalue weighted by atomic mass is 9.95. The van der Waals surface area contributed by atoms with Gasteiger partial charge in [-0.25, -0.2) is 8.42 Å². The van der Waals surface area contributed by atoms with Crippen LogP contribution in [0.1, 0.15) is 57.4 Å². The Hall–Kier alpha value is -2.87. The number of carbonyl (C=O) groups is 2. The molecule has 2 amide bonds. The summed E-state index contributed by atoms with van der Waals surface area (Å²) >= 11 is 0. The molecule has 0 bridgehead atoms. The lowest BCUT2D eigenvalue weighted by Gasteiger charge is -2.31. The lowest BCUT2D eigenvalue weighted by molar-refractivity contribution is -0.141. The van der Waals surface area contributed by atoms with Gasteiger partial charge in [0.2, 0.25) is 21.8 Å². The molecule has 35 heavy (non-hydrogen) atoms. The summed E-state index contributed by atoms with van der Waals surface area (Å²) in [5, 5.41) is 3.14. The Labute approximate surface area is 209 Å². The van der Waals surface area contributed by atoms with Crippen LogP contribution in [0.15, 0.2) is 60.7 Å². The molecule has 190 valence electrons. The Balaban J connectivity index is 1.67. The van der Waals surface area contributed by atoms with Crippen molar-refractivity contribution in [3.8, 4) is 0 Å². The molecule has 0 radical (unpaired) electrons. The van der Waals surface area contributed by atoms with E-state index in [1.54, 1.807) is 36.1 Å². The second-order valence-corrected chi connectivity index (χ2v) is 11.2. The lowest BCUT2D eigenvalue weighted by Crippen LogP contribution is -2.50. The predicted octanol–water partition coefficient (Wildman–Crippen LogP) is 4.10. The highest BCUT2D eigenvalue weighted by molar-refractivity contribution is 7.92. The summed E-state index contributed by atoms with van der Waals surface area (Å²) in [7, 11) is -3.49. The van der Waals surface area contributed by atoms with Gasteiger partial charge < -0.3 is 10.2 Å². The highest BCUT2D eigenvalue weighted by atomic mass is 32.2. The number of anilines is 1. The van der Waals surface area contributed by atoms with Gasteiger partial charge in [-0.1, -0.05) is 67.8 Å². The summed E-state index contributed by atoms with van der Waals surface area (Å²) in [6.45, 7) is 2.29. The Morgan fingerprint density at radius 2 is 1.57 bits per heavy atom. The van der Waals surface area contributed by atoms with E-state index in [0.717, 1.165) is 31.2 Å². The fraction of sp³-hybridized carbons (Fsp3) is 0.481. The molecule has 1 aliphatic rings. The number of rotatable bonds is 11. The number of hydrogen-bond acceptors (Lipinski definition) is 4. The monoisotopic (exact) mass is 499 g/mol. The van der Waals surface area contributed by atoms with Crippen LogP contribution < -0.4 is 9.62 Å². The fourth-order valence-corrected chi connectivity index (χ4v) is 5.50. The Kier molecular flexibility index (Phi) is 9.72. The minimum atomic E-state index is -3.49. The molecule has 2 aromatic rings. The summed E-state index contributed by atoms with van der Waals surface area (Å²) in [6, 6.07) is 18.0. The van der Waals surface area contributed by atoms with Crippen molar-refractivity contribution in [2.24, 2.45) is 0 Å². The first kappa shape index (κ1) is 26.7. The molecule has 8 heteroatoms. The molecule has 1 N–H and O–H groups in total. The molecule has 1 atom stereocenters. The van der Waals surface area contributed by atoms with Crippen LogP contribution in [0.5, 0.6) is 0 Å². The molecule has 0 unspecified atom stereocenters. The maximum Gasteiger partial charge on any atom is 0.242 e. The van der Waals surface area contributed by atoms with Gasteiger partial charge in [-0.2, -0.15) is 0 Å². The second-order valence-electron chi connectivity index (χ2n) is 9.30. The largest absolute Gasteiger partial charge is 0.352 e. The maximum absolute atomic E-state index is 13.3. The first-order chi connectivity index (χ1) is 16.8. The molecule has 1 fully saturated rings. The van der Waals surface area contributed by atoms with Crippen molar-refractivity contribution in [3.05, 3.63) is 66.2 Å². The average molecular weight is 500 g/mol. The van der Waals surface area contributed by atoms with E-state index in [1.165, 1.54) is 17.0 Å².